The number of carbonyl (C=O) groups is 1. The summed E-state index contributed by atoms with van der Waals surface area (Å²) in [6, 6.07) is 6.04. The lowest BCUT2D eigenvalue weighted by Crippen LogP contribution is -2.41. The van der Waals surface area contributed by atoms with Crippen LogP contribution in [-0.2, 0) is 23.2 Å². The van der Waals surface area contributed by atoms with Crippen molar-refractivity contribution in [2.45, 2.75) is 46.1 Å². The summed E-state index contributed by atoms with van der Waals surface area (Å²) in [7, 11) is 0. The Morgan fingerprint density at radius 2 is 1.97 bits per heavy atom. The fraction of sp³-hybridized carbons (Fsp3) is 0.476. The SMILES string of the molecule is CCNC(=NCc1ncc(C(C)(C)C)o1)NCCNC(=O)Cc1cccc(F)c1. The number of aromatic nitrogens is 1. The van der Waals surface area contributed by atoms with Gasteiger partial charge in [0.1, 0.15) is 18.1 Å². The molecule has 0 spiro atoms. The van der Waals surface area contributed by atoms with Crippen molar-refractivity contribution in [1.82, 2.24) is 20.9 Å². The highest BCUT2D eigenvalue weighted by Gasteiger charge is 2.19. The normalized spacial score (nSPS) is 12.0. The lowest BCUT2D eigenvalue weighted by atomic mass is 9.94. The molecule has 0 unspecified atom stereocenters. The van der Waals surface area contributed by atoms with Crippen molar-refractivity contribution < 1.29 is 13.6 Å². The molecule has 0 fully saturated rings. The Morgan fingerprint density at radius 1 is 1.21 bits per heavy atom. The minimum Gasteiger partial charge on any atom is -0.443 e. The molecule has 1 aromatic heterocycles. The van der Waals surface area contributed by atoms with Gasteiger partial charge in [0.25, 0.3) is 0 Å². The third-order valence-corrected chi connectivity index (χ3v) is 4.00. The first-order valence-corrected chi connectivity index (χ1v) is 9.76. The number of oxazole rings is 1. The fourth-order valence-corrected chi connectivity index (χ4v) is 2.50. The molecule has 158 valence electrons. The maximum Gasteiger partial charge on any atom is 0.224 e. The van der Waals surface area contributed by atoms with Crippen molar-refractivity contribution in [2.24, 2.45) is 4.99 Å². The van der Waals surface area contributed by atoms with Crippen LogP contribution in [0.1, 0.15) is 44.9 Å². The zero-order valence-electron chi connectivity index (χ0n) is 17.5. The Kier molecular flexibility index (Phi) is 8.18. The van der Waals surface area contributed by atoms with Gasteiger partial charge in [-0.2, -0.15) is 0 Å². The van der Waals surface area contributed by atoms with Gasteiger partial charge in [-0.15, -0.1) is 0 Å². The van der Waals surface area contributed by atoms with E-state index < -0.39 is 0 Å². The number of hydrogen-bond donors (Lipinski definition) is 3. The second-order valence-electron chi connectivity index (χ2n) is 7.65. The highest BCUT2D eigenvalue weighted by molar-refractivity contribution is 5.80. The standard InChI is InChI=1S/C21H30FN5O2/c1-5-23-20(27-14-19-26-13-17(29-19)21(2,3)4)25-10-9-24-18(28)12-15-7-6-8-16(22)11-15/h6-8,11,13H,5,9-10,12,14H2,1-4H3,(H,24,28)(H2,23,25,27). The van der Waals surface area contributed by atoms with E-state index in [1.54, 1.807) is 18.3 Å². The molecule has 1 heterocycles. The number of halogens is 1. The van der Waals surface area contributed by atoms with Crippen molar-refractivity contribution in [3.8, 4) is 0 Å². The van der Waals surface area contributed by atoms with Crippen LogP contribution >= 0.6 is 0 Å². The van der Waals surface area contributed by atoms with Gasteiger partial charge in [-0.05, 0) is 24.6 Å². The lowest BCUT2D eigenvalue weighted by molar-refractivity contribution is -0.120. The number of benzene rings is 1. The first-order valence-electron chi connectivity index (χ1n) is 9.76. The van der Waals surface area contributed by atoms with Crippen LogP contribution in [-0.4, -0.2) is 36.5 Å². The van der Waals surface area contributed by atoms with Gasteiger partial charge in [-0.1, -0.05) is 32.9 Å². The fourth-order valence-electron chi connectivity index (χ4n) is 2.50. The van der Waals surface area contributed by atoms with Crippen molar-refractivity contribution in [1.29, 1.82) is 0 Å². The van der Waals surface area contributed by atoms with Crippen LogP contribution in [0.4, 0.5) is 4.39 Å². The summed E-state index contributed by atoms with van der Waals surface area (Å²) < 4.78 is 18.9. The van der Waals surface area contributed by atoms with Gasteiger partial charge in [-0.3, -0.25) is 4.79 Å². The van der Waals surface area contributed by atoms with Crippen molar-refractivity contribution in [2.75, 3.05) is 19.6 Å². The van der Waals surface area contributed by atoms with Gasteiger partial charge in [0.15, 0.2) is 5.96 Å². The molecule has 3 N–H and O–H groups in total. The van der Waals surface area contributed by atoms with Crippen molar-refractivity contribution >= 4 is 11.9 Å². The molecule has 29 heavy (non-hydrogen) atoms. The van der Waals surface area contributed by atoms with E-state index in [1.807, 2.05) is 6.92 Å². The maximum absolute atomic E-state index is 13.2. The predicted octanol–water partition coefficient (Wildman–Crippen LogP) is 2.53. The number of nitrogens with zero attached hydrogens (tertiary/aromatic N) is 2. The molecule has 2 aromatic rings. The van der Waals surface area contributed by atoms with Gasteiger partial charge >= 0.3 is 0 Å². The highest BCUT2D eigenvalue weighted by atomic mass is 19.1. The molecule has 0 aliphatic rings. The molecule has 0 bridgehead atoms. The number of nitrogens with one attached hydrogen (secondary N) is 3. The average molecular weight is 404 g/mol. The van der Waals surface area contributed by atoms with Crippen molar-refractivity contribution in [3.63, 3.8) is 0 Å². The Morgan fingerprint density at radius 3 is 2.62 bits per heavy atom. The largest absolute Gasteiger partial charge is 0.443 e. The van der Waals surface area contributed by atoms with Gasteiger partial charge in [0.05, 0.1) is 12.6 Å². The van der Waals surface area contributed by atoms with Crippen LogP contribution in [0.3, 0.4) is 0 Å². The van der Waals surface area contributed by atoms with E-state index >= 15 is 0 Å². The molecule has 0 saturated heterocycles. The predicted molar refractivity (Wildman–Crippen MR) is 111 cm³/mol. The summed E-state index contributed by atoms with van der Waals surface area (Å²) in [6.45, 7) is 10.1. The quantitative estimate of drug-likeness (QED) is 0.358. The molecule has 0 aliphatic heterocycles. The topological polar surface area (TPSA) is 91.6 Å². The van der Waals surface area contributed by atoms with E-state index in [-0.39, 0.29) is 23.6 Å². The second kappa shape index (κ2) is 10.6. The Hall–Kier alpha value is -2.90. The number of hydrogen-bond acceptors (Lipinski definition) is 4. The zero-order chi connectivity index (χ0) is 21.3. The van der Waals surface area contributed by atoms with Gasteiger partial charge in [0, 0.05) is 25.0 Å². The molecular formula is C21H30FN5O2. The molecule has 1 amide bonds. The number of carbonyl (C=O) groups excluding carboxylic acids is 1. The Labute approximate surface area is 171 Å². The highest BCUT2D eigenvalue weighted by Crippen LogP contribution is 2.22. The summed E-state index contributed by atoms with van der Waals surface area (Å²) in [4.78, 5) is 20.7. The van der Waals surface area contributed by atoms with E-state index in [4.69, 9.17) is 4.42 Å². The molecule has 0 aliphatic carbocycles. The summed E-state index contributed by atoms with van der Waals surface area (Å²) in [5.74, 6) is 1.48. The van der Waals surface area contributed by atoms with Crippen LogP contribution in [0.2, 0.25) is 0 Å². The molecule has 8 heteroatoms. The van der Waals surface area contributed by atoms with E-state index in [1.165, 1.54) is 12.1 Å². The lowest BCUT2D eigenvalue weighted by Gasteiger charge is -2.13. The van der Waals surface area contributed by atoms with Crippen LogP contribution < -0.4 is 16.0 Å². The van der Waals surface area contributed by atoms with Crippen molar-refractivity contribution in [3.05, 3.63) is 53.5 Å². The molecule has 0 saturated carbocycles. The monoisotopic (exact) mass is 403 g/mol. The maximum atomic E-state index is 13.2. The van der Waals surface area contributed by atoms with Crippen LogP contribution in [0.25, 0.3) is 0 Å². The van der Waals surface area contributed by atoms with E-state index in [9.17, 15) is 9.18 Å². The molecule has 0 radical (unpaired) electrons. The first-order chi connectivity index (χ1) is 13.8. The summed E-state index contributed by atoms with van der Waals surface area (Å²) in [5, 5.41) is 9.09. The average Bonchev–Trinajstić information content (AvgIpc) is 3.12. The molecule has 0 atom stereocenters. The zero-order valence-corrected chi connectivity index (χ0v) is 17.5. The number of rotatable bonds is 8. The number of aliphatic imine (C=N–C) groups is 1. The van der Waals surface area contributed by atoms with Crippen LogP contribution in [0.5, 0.6) is 0 Å². The van der Waals surface area contributed by atoms with Crippen LogP contribution in [0, 0.1) is 5.82 Å². The molecular weight excluding hydrogens is 373 g/mol. The summed E-state index contributed by atoms with van der Waals surface area (Å²) >= 11 is 0. The van der Waals surface area contributed by atoms with Crippen LogP contribution in [0.15, 0.2) is 39.9 Å². The number of guanidine groups is 1. The minimum atomic E-state index is -0.343. The van der Waals surface area contributed by atoms with Gasteiger partial charge < -0.3 is 20.4 Å². The molecule has 1 aromatic carbocycles. The van der Waals surface area contributed by atoms with Gasteiger partial charge in [0.2, 0.25) is 11.8 Å². The molecule has 7 nitrogen and oxygen atoms in total. The van der Waals surface area contributed by atoms with E-state index in [2.05, 4.69) is 46.7 Å². The smallest absolute Gasteiger partial charge is 0.224 e. The first kappa shape index (κ1) is 22.4. The third kappa shape index (κ3) is 7.93. The minimum absolute atomic E-state index is 0.0958. The Bertz CT molecular complexity index is 826. The van der Waals surface area contributed by atoms with E-state index in [0.29, 0.717) is 43.6 Å². The van der Waals surface area contributed by atoms with E-state index in [0.717, 1.165) is 5.76 Å². The second-order valence-corrected chi connectivity index (χ2v) is 7.65. The number of amides is 1. The third-order valence-electron chi connectivity index (χ3n) is 4.00. The summed E-state index contributed by atoms with van der Waals surface area (Å²) in [5.41, 5.74) is 0.549. The molecule has 2 rings (SSSR count). The summed E-state index contributed by atoms with van der Waals surface area (Å²) in [6.07, 6.45) is 1.88. The Balaban J connectivity index is 1.77. The van der Waals surface area contributed by atoms with Gasteiger partial charge in [-0.25, -0.2) is 14.4 Å².